The fourth-order valence-corrected chi connectivity index (χ4v) is 2.05. The Balaban J connectivity index is 2.34. The fraction of sp³-hybridized carbons (Fsp3) is 0.455. The highest BCUT2D eigenvalue weighted by atomic mass is 32.1. The van der Waals surface area contributed by atoms with Crippen LogP contribution in [-0.4, -0.2) is 34.7 Å². The molecule has 94 valence electrons. The first-order valence-electron chi connectivity index (χ1n) is 5.29. The molecule has 1 unspecified atom stereocenters. The maximum absolute atomic E-state index is 11.5. The molecule has 0 bridgehead atoms. The van der Waals surface area contributed by atoms with Crippen LogP contribution in [0.25, 0.3) is 0 Å². The number of hydrogen-bond donors (Lipinski definition) is 3. The van der Waals surface area contributed by atoms with Gasteiger partial charge in [0.25, 0.3) is 0 Å². The van der Waals surface area contributed by atoms with Gasteiger partial charge in [-0.05, 0) is 17.9 Å². The number of hydrogen-bond acceptors (Lipinski definition) is 4. The van der Waals surface area contributed by atoms with E-state index in [0.29, 0.717) is 6.42 Å². The van der Waals surface area contributed by atoms with E-state index in [4.69, 9.17) is 10.2 Å². The summed E-state index contributed by atoms with van der Waals surface area (Å²) in [6, 6.07) is 2.83. The molecule has 1 aromatic heterocycles. The summed E-state index contributed by atoms with van der Waals surface area (Å²) in [5.74, 6) is -1.43. The van der Waals surface area contributed by atoms with Crippen LogP contribution in [0.2, 0.25) is 0 Å². The molecule has 17 heavy (non-hydrogen) atoms. The lowest BCUT2D eigenvalue weighted by molar-refractivity contribution is -0.142. The number of aliphatic hydroxyl groups is 1. The Kier molecular flexibility index (Phi) is 5.65. The average molecular weight is 257 g/mol. The molecule has 0 spiro atoms. The van der Waals surface area contributed by atoms with E-state index in [1.165, 1.54) is 0 Å². The van der Waals surface area contributed by atoms with Crippen molar-refractivity contribution in [3.8, 4) is 0 Å². The van der Waals surface area contributed by atoms with Crippen LogP contribution in [-0.2, 0) is 16.0 Å². The van der Waals surface area contributed by atoms with Gasteiger partial charge in [0, 0.05) is 24.3 Å². The number of aliphatic carboxylic acids is 1. The molecular weight excluding hydrogens is 242 g/mol. The third kappa shape index (κ3) is 4.97. The van der Waals surface area contributed by atoms with E-state index in [-0.39, 0.29) is 25.4 Å². The van der Waals surface area contributed by atoms with E-state index in [9.17, 15) is 9.59 Å². The SMILES string of the molecule is O=C(CCc1cccs1)NC(CCO)C(=O)O. The number of amides is 1. The maximum Gasteiger partial charge on any atom is 0.326 e. The number of carboxylic acids is 1. The van der Waals surface area contributed by atoms with Crippen molar-refractivity contribution in [3.63, 3.8) is 0 Å². The molecule has 6 heteroatoms. The number of thiophene rings is 1. The largest absolute Gasteiger partial charge is 0.480 e. The Hall–Kier alpha value is -1.40. The van der Waals surface area contributed by atoms with E-state index in [1.54, 1.807) is 11.3 Å². The molecule has 1 aromatic rings. The number of carbonyl (C=O) groups excluding carboxylic acids is 1. The predicted molar refractivity (Wildman–Crippen MR) is 63.9 cm³/mol. The molecule has 1 amide bonds. The Labute approximate surface area is 103 Å². The summed E-state index contributed by atoms with van der Waals surface area (Å²) in [5, 5.41) is 21.8. The van der Waals surface area contributed by atoms with E-state index < -0.39 is 12.0 Å². The number of aryl methyl sites for hydroxylation is 1. The zero-order valence-corrected chi connectivity index (χ0v) is 10.1. The van der Waals surface area contributed by atoms with Crippen LogP contribution in [0, 0.1) is 0 Å². The molecule has 0 fully saturated rings. The van der Waals surface area contributed by atoms with Crippen LogP contribution < -0.4 is 5.32 Å². The summed E-state index contributed by atoms with van der Waals surface area (Å²) in [7, 11) is 0. The average Bonchev–Trinajstić information content (AvgIpc) is 2.78. The minimum Gasteiger partial charge on any atom is -0.480 e. The van der Waals surface area contributed by atoms with Crippen molar-refractivity contribution in [2.75, 3.05) is 6.61 Å². The highest BCUT2D eigenvalue weighted by Gasteiger charge is 2.18. The van der Waals surface area contributed by atoms with Crippen molar-refractivity contribution >= 4 is 23.2 Å². The van der Waals surface area contributed by atoms with Crippen LogP contribution in [0.4, 0.5) is 0 Å². The van der Waals surface area contributed by atoms with Gasteiger partial charge in [0.15, 0.2) is 0 Å². The lowest BCUT2D eigenvalue weighted by Gasteiger charge is -2.12. The first-order chi connectivity index (χ1) is 8.13. The van der Waals surface area contributed by atoms with E-state index >= 15 is 0 Å². The standard InChI is InChI=1S/C11H15NO4S/c13-6-5-9(11(15)16)12-10(14)4-3-8-2-1-7-17-8/h1-2,7,9,13H,3-6H2,(H,12,14)(H,15,16). The molecule has 0 saturated heterocycles. The molecule has 1 atom stereocenters. The van der Waals surface area contributed by atoms with Gasteiger partial charge < -0.3 is 15.5 Å². The van der Waals surface area contributed by atoms with Crippen LogP contribution in [0.1, 0.15) is 17.7 Å². The smallest absolute Gasteiger partial charge is 0.326 e. The van der Waals surface area contributed by atoms with Crippen molar-refractivity contribution in [2.24, 2.45) is 0 Å². The Morgan fingerprint density at radius 2 is 2.24 bits per heavy atom. The normalized spacial score (nSPS) is 12.1. The van der Waals surface area contributed by atoms with Gasteiger partial charge in [0.05, 0.1) is 0 Å². The predicted octanol–water partition coefficient (Wildman–Crippen LogP) is 0.632. The molecule has 1 rings (SSSR count). The molecule has 0 aromatic carbocycles. The van der Waals surface area contributed by atoms with E-state index in [0.717, 1.165) is 4.88 Å². The molecule has 0 radical (unpaired) electrons. The Morgan fingerprint density at radius 1 is 1.47 bits per heavy atom. The minimum atomic E-state index is -1.12. The lowest BCUT2D eigenvalue weighted by Crippen LogP contribution is -2.41. The van der Waals surface area contributed by atoms with E-state index in [1.807, 2.05) is 17.5 Å². The molecular formula is C11H15NO4S. The number of rotatable bonds is 7. The van der Waals surface area contributed by atoms with E-state index in [2.05, 4.69) is 5.32 Å². The zero-order valence-electron chi connectivity index (χ0n) is 9.26. The second-order valence-corrected chi connectivity index (χ2v) is 4.58. The number of carboxylic acid groups (broad SMARTS) is 1. The molecule has 0 aliphatic heterocycles. The van der Waals surface area contributed by atoms with Gasteiger partial charge in [-0.15, -0.1) is 11.3 Å². The molecule has 0 aliphatic carbocycles. The van der Waals surface area contributed by atoms with Crippen molar-refractivity contribution < 1.29 is 19.8 Å². The third-order valence-electron chi connectivity index (χ3n) is 2.23. The highest BCUT2D eigenvalue weighted by molar-refractivity contribution is 7.09. The second-order valence-electron chi connectivity index (χ2n) is 3.55. The van der Waals surface area contributed by atoms with Crippen molar-refractivity contribution in [3.05, 3.63) is 22.4 Å². The topological polar surface area (TPSA) is 86.6 Å². The Morgan fingerprint density at radius 3 is 2.76 bits per heavy atom. The molecule has 0 saturated carbocycles. The zero-order chi connectivity index (χ0) is 12.7. The van der Waals surface area contributed by atoms with Crippen molar-refractivity contribution in [1.29, 1.82) is 0 Å². The fourth-order valence-electron chi connectivity index (χ4n) is 1.34. The van der Waals surface area contributed by atoms with Gasteiger partial charge in [-0.1, -0.05) is 6.07 Å². The van der Waals surface area contributed by atoms with Gasteiger partial charge in [-0.25, -0.2) is 4.79 Å². The van der Waals surface area contributed by atoms with Gasteiger partial charge in [0.2, 0.25) is 5.91 Å². The first-order valence-corrected chi connectivity index (χ1v) is 6.17. The van der Waals surface area contributed by atoms with Crippen LogP contribution in [0.15, 0.2) is 17.5 Å². The summed E-state index contributed by atoms with van der Waals surface area (Å²) in [4.78, 5) is 23.3. The first kappa shape index (κ1) is 13.7. The summed E-state index contributed by atoms with van der Waals surface area (Å²) in [6.07, 6.45) is 0.894. The minimum absolute atomic E-state index is 0.0279. The maximum atomic E-state index is 11.5. The van der Waals surface area contributed by atoms with Gasteiger partial charge >= 0.3 is 5.97 Å². The van der Waals surface area contributed by atoms with Crippen molar-refractivity contribution in [1.82, 2.24) is 5.32 Å². The highest BCUT2D eigenvalue weighted by Crippen LogP contribution is 2.10. The number of carbonyl (C=O) groups is 2. The quantitative estimate of drug-likeness (QED) is 0.668. The Bertz CT molecular complexity index is 364. The van der Waals surface area contributed by atoms with Gasteiger partial charge in [-0.3, -0.25) is 4.79 Å². The summed E-state index contributed by atoms with van der Waals surface area (Å²) in [6.45, 7) is -0.262. The van der Waals surface area contributed by atoms with Crippen LogP contribution >= 0.6 is 11.3 Å². The van der Waals surface area contributed by atoms with Gasteiger partial charge in [0.1, 0.15) is 6.04 Å². The monoisotopic (exact) mass is 257 g/mol. The summed E-state index contributed by atoms with van der Waals surface area (Å²) in [5.41, 5.74) is 0. The molecule has 3 N–H and O–H groups in total. The van der Waals surface area contributed by atoms with Crippen LogP contribution in [0.5, 0.6) is 0 Å². The molecule has 1 heterocycles. The second kappa shape index (κ2) is 7.03. The summed E-state index contributed by atoms with van der Waals surface area (Å²) >= 11 is 1.56. The van der Waals surface area contributed by atoms with Crippen LogP contribution in [0.3, 0.4) is 0 Å². The third-order valence-corrected chi connectivity index (χ3v) is 3.17. The summed E-state index contributed by atoms with van der Waals surface area (Å²) < 4.78 is 0. The number of aliphatic hydroxyl groups excluding tert-OH is 1. The number of nitrogens with one attached hydrogen (secondary N) is 1. The van der Waals surface area contributed by atoms with Gasteiger partial charge in [-0.2, -0.15) is 0 Å². The van der Waals surface area contributed by atoms with Crippen molar-refractivity contribution in [2.45, 2.75) is 25.3 Å². The molecule has 0 aliphatic rings. The lowest BCUT2D eigenvalue weighted by atomic mass is 10.2. The molecule has 5 nitrogen and oxygen atoms in total.